The summed E-state index contributed by atoms with van der Waals surface area (Å²) in [7, 11) is 0. The van der Waals surface area contributed by atoms with E-state index in [2.05, 4.69) is 15.1 Å². The van der Waals surface area contributed by atoms with Crippen molar-refractivity contribution in [3.05, 3.63) is 33.5 Å². The van der Waals surface area contributed by atoms with Crippen LogP contribution in [0, 0.1) is 13.8 Å². The number of aromatic nitrogens is 4. The Morgan fingerprint density at radius 2 is 1.94 bits per heavy atom. The second kappa shape index (κ2) is 4.80. The van der Waals surface area contributed by atoms with Crippen molar-refractivity contribution in [1.29, 1.82) is 0 Å². The highest BCUT2D eigenvalue weighted by molar-refractivity contribution is 6.32. The van der Waals surface area contributed by atoms with Gasteiger partial charge in [-0.1, -0.05) is 23.2 Å². The van der Waals surface area contributed by atoms with E-state index in [0.717, 1.165) is 11.4 Å². The highest BCUT2D eigenvalue weighted by Crippen LogP contribution is 2.26. The topological polar surface area (TPSA) is 43.6 Å². The molecule has 0 saturated heterocycles. The first-order valence-corrected chi connectivity index (χ1v) is 6.12. The zero-order valence-electron chi connectivity index (χ0n) is 9.21. The summed E-state index contributed by atoms with van der Waals surface area (Å²) in [6.07, 6.45) is 1.37. The Morgan fingerprint density at radius 1 is 1.24 bits per heavy atom. The van der Waals surface area contributed by atoms with E-state index in [0.29, 0.717) is 21.6 Å². The molecule has 7 heteroatoms. The lowest BCUT2D eigenvalue weighted by Crippen LogP contribution is -2.07. The molecule has 0 fully saturated rings. The van der Waals surface area contributed by atoms with Gasteiger partial charge >= 0.3 is 0 Å². The third-order valence-electron chi connectivity index (χ3n) is 2.41. The Labute approximate surface area is 114 Å². The van der Waals surface area contributed by atoms with Crippen molar-refractivity contribution in [2.75, 3.05) is 0 Å². The van der Waals surface area contributed by atoms with Gasteiger partial charge in [-0.15, -0.1) is 11.6 Å². The van der Waals surface area contributed by atoms with E-state index in [9.17, 15) is 0 Å². The molecule has 0 atom stereocenters. The van der Waals surface area contributed by atoms with Crippen molar-refractivity contribution in [3.63, 3.8) is 0 Å². The van der Waals surface area contributed by atoms with Gasteiger partial charge in [0.25, 0.3) is 0 Å². The zero-order chi connectivity index (χ0) is 12.6. The lowest BCUT2D eigenvalue weighted by Gasteiger charge is -2.08. The van der Waals surface area contributed by atoms with E-state index >= 15 is 0 Å². The summed E-state index contributed by atoms with van der Waals surface area (Å²) in [4.78, 5) is 8.05. The Balaban J connectivity index is 2.68. The predicted molar refractivity (Wildman–Crippen MR) is 68.2 cm³/mol. The van der Waals surface area contributed by atoms with Gasteiger partial charge in [-0.2, -0.15) is 5.10 Å². The Hall–Kier alpha value is -0.840. The summed E-state index contributed by atoms with van der Waals surface area (Å²) in [6, 6.07) is 0. The van der Waals surface area contributed by atoms with E-state index < -0.39 is 0 Å². The molecule has 0 spiro atoms. The van der Waals surface area contributed by atoms with Crippen molar-refractivity contribution >= 4 is 34.8 Å². The van der Waals surface area contributed by atoms with E-state index in [1.54, 1.807) is 4.68 Å². The van der Waals surface area contributed by atoms with Gasteiger partial charge in [-0.25, -0.2) is 14.6 Å². The Kier molecular flexibility index (Phi) is 3.56. The number of hydrogen-bond acceptors (Lipinski definition) is 3. The molecular weight excluding hydrogens is 282 g/mol. The lowest BCUT2D eigenvalue weighted by atomic mass is 10.3. The van der Waals surface area contributed by atoms with Gasteiger partial charge in [0, 0.05) is 5.56 Å². The summed E-state index contributed by atoms with van der Waals surface area (Å²) < 4.78 is 1.63. The number of nitrogens with zero attached hydrogens (tertiary/aromatic N) is 4. The van der Waals surface area contributed by atoms with Crippen molar-refractivity contribution in [2.45, 2.75) is 19.7 Å². The smallest absolute Gasteiger partial charge is 0.162 e. The van der Waals surface area contributed by atoms with Crippen LogP contribution in [-0.2, 0) is 5.88 Å². The minimum Gasteiger partial charge on any atom is -0.224 e. The number of halogens is 3. The van der Waals surface area contributed by atoms with Gasteiger partial charge in [0.15, 0.2) is 5.82 Å². The summed E-state index contributed by atoms with van der Waals surface area (Å²) in [5.41, 5.74) is 2.17. The molecule has 4 nitrogen and oxygen atoms in total. The standard InChI is InChI=1S/C10H9Cl3N4/c1-5-8(12)6(2)17(16-5)10-7(3-11)9(13)14-4-15-10/h4H,3H2,1-2H3. The molecule has 0 N–H and O–H groups in total. The fourth-order valence-electron chi connectivity index (χ4n) is 1.51. The fraction of sp³-hybridized carbons (Fsp3) is 0.300. The molecule has 0 aliphatic carbocycles. The molecule has 2 rings (SSSR count). The van der Waals surface area contributed by atoms with Crippen LogP contribution in [0.5, 0.6) is 0 Å². The first kappa shape index (κ1) is 12.6. The predicted octanol–water partition coefficient (Wildman–Crippen LogP) is 3.32. The molecule has 2 aromatic heterocycles. The molecule has 0 aromatic carbocycles. The van der Waals surface area contributed by atoms with Crippen LogP contribution < -0.4 is 0 Å². The molecular formula is C10H9Cl3N4. The summed E-state index contributed by atoms with van der Waals surface area (Å²) in [6.45, 7) is 3.69. The first-order chi connectivity index (χ1) is 8.06. The number of rotatable bonds is 2. The molecule has 0 bridgehead atoms. The van der Waals surface area contributed by atoms with E-state index in [-0.39, 0.29) is 5.88 Å². The van der Waals surface area contributed by atoms with Crippen LogP contribution in [0.2, 0.25) is 10.2 Å². The average Bonchev–Trinajstić information content (AvgIpc) is 2.56. The zero-order valence-corrected chi connectivity index (χ0v) is 11.5. The normalized spacial score (nSPS) is 10.9. The first-order valence-electron chi connectivity index (χ1n) is 4.83. The average molecular weight is 292 g/mol. The molecule has 2 heterocycles. The molecule has 0 amide bonds. The van der Waals surface area contributed by atoms with Gasteiger partial charge in [0.2, 0.25) is 0 Å². The quantitative estimate of drug-likeness (QED) is 0.630. The minimum absolute atomic E-state index is 0.213. The highest BCUT2D eigenvalue weighted by Gasteiger charge is 2.16. The maximum atomic E-state index is 6.09. The van der Waals surface area contributed by atoms with Crippen LogP contribution in [0.25, 0.3) is 5.82 Å². The third-order valence-corrected chi connectivity index (χ3v) is 3.55. The van der Waals surface area contributed by atoms with Crippen molar-refractivity contribution in [2.24, 2.45) is 0 Å². The van der Waals surface area contributed by atoms with Crippen LogP contribution in [-0.4, -0.2) is 19.7 Å². The molecule has 0 aliphatic heterocycles. The van der Waals surface area contributed by atoms with Crippen LogP contribution >= 0.6 is 34.8 Å². The molecule has 17 heavy (non-hydrogen) atoms. The number of alkyl halides is 1. The maximum Gasteiger partial charge on any atom is 0.162 e. The van der Waals surface area contributed by atoms with Crippen LogP contribution in [0.15, 0.2) is 6.33 Å². The van der Waals surface area contributed by atoms with Crippen LogP contribution in [0.3, 0.4) is 0 Å². The summed E-state index contributed by atoms with van der Waals surface area (Å²) >= 11 is 17.9. The summed E-state index contributed by atoms with van der Waals surface area (Å²) in [5, 5.41) is 5.25. The van der Waals surface area contributed by atoms with Gasteiger partial charge in [-0.3, -0.25) is 0 Å². The SMILES string of the molecule is Cc1nn(-c2ncnc(Cl)c2CCl)c(C)c1Cl. The van der Waals surface area contributed by atoms with Crippen molar-refractivity contribution in [1.82, 2.24) is 19.7 Å². The molecule has 0 saturated carbocycles. The molecule has 0 unspecified atom stereocenters. The van der Waals surface area contributed by atoms with E-state index in [1.807, 2.05) is 13.8 Å². The summed E-state index contributed by atoms with van der Waals surface area (Å²) in [5.74, 6) is 0.776. The molecule has 90 valence electrons. The van der Waals surface area contributed by atoms with Gasteiger partial charge in [0.1, 0.15) is 11.5 Å². The molecule has 0 radical (unpaired) electrons. The van der Waals surface area contributed by atoms with Gasteiger partial charge in [-0.05, 0) is 13.8 Å². The van der Waals surface area contributed by atoms with E-state index in [4.69, 9.17) is 34.8 Å². The molecule has 2 aromatic rings. The van der Waals surface area contributed by atoms with Crippen LogP contribution in [0.1, 0.15) is 17.0 Å². The van der Waals surface area contributed by atoms with Crippen molar-refractivity contribution < 1.29 is 0 Å². The second-order valence-corrected chi connectivity index (χ2v) is 4.50. The molecule has 0 aliphatic rings. The highest BCUT2D eigenvalue weighted by atomic mass is 35.5. The second-order valence-electron chi connectivity index (χ2n) is 3.50. The monoisotopic (exact) mass is 290 g/mol. The third kappa shape index (κ3) is 2.12. The number of aryl methyl sites for hydroxylation is 1. The van der Waals surface area contributed by atoms with Gasteiger partial charge < -0.3 is 0 Å². The lowest BCUT2D eigenvalue weighted by molar-refractivity contribution is 0.791. The maximum absolute atomic E-state index is 6.09. The minimum atomic E-state index is 0.213. The van der Waals surface area contributed by atoms with E-state index in [1.165, 1.54) is 6.33 Å². The Morgan fingerprint density at radius 3 is 2.47 bits per heavy atom. The largest absolute Gasteiger partial charge is 0.224 e. The number of hydrogen-bond donors (Lipinski definition) is 0. The van der Waals surface area contributed by atoms with Crippen LogP contribution in [0.4, 0.5) is 0 Å². The van der Waals surface area contributed by atoms with Crippen molar-refractivity contribution in [3.8, 4) is 5.82 Å². The fourth-order valence-corrected chi connectivity index (χ4v) is 2.14. The Bertz CT molecular complexity index is 565. The van der Waals surface area contributed by atoms with Gasteiger partial charge in [0.05, 0.1) is 22.3 Å².